The zero-order chi connectivity index (χ0) is 14.5. The van der Waals surface area contributed by atoms with Crippen LogP contribution in [0, 0.1) is 0 Å². The summed E-state index contributed by atoms with van der Waals surface area (Å²) in [6, 6.07) is 10.5. The van der Waals surface area contributed by atoms with E-state index in [-0.39, 0.29) is 11.5 Å². The molecule has 0 unspecified atom stereocenters. The number of benzene rings is 2. The van der Waals surface area contributed by atoms with E-state index in [1.807, 2.05) is 12.1 Å². The maximum absolute atomic E-state index is 9.82. The van der Waals surface area contributed by atoms with E-state index in [1.165, 1.54) is 0 Å². The lowest BCUT2D eigenvalue weighted by atomic mass is 10.1. The van der Waals surface area contributed by atoms with Gasteiger partial charge in [0.15, 0.2) is 0 Å². The Labute approximate surface area is 126 Å². The summed E-state index contributed by atoms with van der Waals surface area (Å²) >= 11 is 3.35. The van der Waals surface area contributed by atoms with Gasteiger partial charge in [-0.15, -0.1) is 0 Å². The molecule has 4 heteroatoms. The molecule has 0 saturated heterocycles. The zero-order valence-corrected chi connectivity index (χ0v) is 12.8. The van der Waals surface area contributed by atoms with Gasteiger partial charge in [-0.3, -0.25) is 4.99 Å². The van der Waals surface area contributed by atoms with Gasteiger partial charge in [0.25, 0.3) is 0 Å². The molecule has 0 aliphatic rings. The predicted octanol–water partition coefficient (Wildman–Crippen LogP) is 4.56. The Bertz CT molecular complexity index is 638. The normalized spacial score (nSPS) is 11.1. The van der Waals surface area contributed by atoms with Crippen LogP contribution in [0.1, 0.15) is 24.5 Å². The summed E-state index contributed by atoms with van der Waals surface area (Å²) in [5.74, 6) is 0.289. The number of nitrogens with zero attached hydrogens (tertiary/aromatic N) is 1. The van der Waals surface area contributed by atoms with Gasteiger partial charge in [0.1, 0.15) is 17.2 Å². The Morgan fingerprint density at radius 1 is 1.10 bits per heavy atom. The van der Waals surface area contributed by atoms with Crippen LogP contribution >= 0.6 is 15.9 Å². The van der Waals surface area contributed by atoms with Crippen molar-refractivity contribution in [2.24, 2.45) is 4.99 Å². The summed E-state index contributed by atoms with van der Waals surface area (Å²) in [6.45, 7) is 2.11. The van der Waals surface area contributed by atoms with E-state index in [0.29, 0.717) is 11.3 Å². The van der Waals surface area contributed by atoms with Crippen LogP contribution in [0.25, 0.3) is 0 Å². The molecule has 0 spiro atoms. The van der Waals surface area contributed by atoms with E-state index in [2.05, 4.69) is 27.8 Å². The predicted molar refractivity (Wildman–Crippen MR) is 85.2 cm³/mol. The van der Waals surface area contributed by atoms with E-state index in [9.17, 15) is 10.2 Å². The highest BCUT2D eigenvalue weighted by Crippen LogP contribution is 2.28. The molecule has 0 saturated carbocycles. The standard InChI is InChI=1S/C16H16BrNO2/c1-2-3-11-4-6-16(20)14(8-11)18-10-12-9-13(17)5-7-15(12)19/h4-10,19-20H,2-3H2,1H3. The van der Waals surface area contributed by atoms with Gasteiger partial charge in [-0.2, -0.15) is 0 Å². The van der Waals surface area contributed by atoms with E-state index < -0.39 is 0 Å². The lowest BCUT2D eigenvalue weighted by Crippen LogP contribution is -1.85. The smallest absolute Gasteiger partial charge is 0.141 e. The second kappa shape index (κ2) is 6.57. The summed E-state index contributed by atoms with van der Waals surface area (Å²) < 4.78 is 0.862. The number of phenolic OH excluding ortho intramolecular Hbond substituents is 2. The third-order valence-electron chi connectivity index (χ3n) is 2.91. The SMILES string of the molecule is CCCc1ccc(O)c(N=Cc2cc(Br)ccc2O)c1. The number of hydrogen-bond acceptors (Lipinski definition) is 3. The molecular formula is C16H16BrNO2. The van der Waals surface area contributed by atoms with Crippen molar-refractivity contribution >= 4 is 27.8 Å². The Kier molecular flexibility index (Phi) is 4.79. The van der Waals surface area contributed by atoms with E-state index in [1.54, 1.807) is 30.5 Å². The van der Waals surface area contributed by atoms with Gasteiger partial charge in [0.05, 0.1) is 0 Å². The van der Waals surface area contributed by atoms with Crippen molar-refractivity contribution in [1.29, 1.82) is 0 Å². The number of aromatic hydroxyl groups is 2. The number of rotatable bonds is 4. The summed E-state index contributed by atoms with van der Waals surface area (Å²) in [5.41, 5.74) is 2.24. The molecule has 0 radical (unpaired) electrons. The highest BCUT2D eigenvalue weighted by Gasteiger charge is 2.02. The first-order valence-corrected chi connectivity index (χ1v) is 7.24. The van der Waals surface area contributed by atoms with Crippen molar-refractivity contribution in [1.82, 2.24) is 0 Å². The summed E-state index contributed by atoms with van der Waals surface area (Å²) in [6.07, 6.45) is 3.54. The fraction of sp³-hybridized carbons (Fsp3) is 0.188. The van der Waals surface area contributed by atoms with Crippen LogP contribution in [-0.4, -0.2) is 16.4 Å². The number of phenols is 2. The first-order valence-electron chi connectivity index (χ1n) is 6.44. The first-order chi connectivity index (χ1) is 9.60. The average Bonchev–Trinajstić information content (AvgIpc) is 2.43. The highest BCUT2D eigenvalue weighted by molar-refractivity contribution is 9.10. The molecule has 3 nitrogen and oxygen atoms in total. The Morgan fingerprint density at radius 2 is 1.85 bits per heavy atom. The van der Waals surface area contributed by atoms with Crippen LogP contribution in [0.4, 0.5) is 5.69 Å². The van der Waals surface area contributed by atoms with Crippen molar-refractivity contribution in [3.63, 3.8) is 0 Å². The lowest BCUT2D eigenvalue weighted by molar-refractivity contribution is 0.473. The molecule has 0 aliphatic carbocycles. The Balaban J connectivity index is 2.30. The van der Waals surface area contributed by atoms with Gasteiger partial charge < -0.3 is 10.2 Å². The molecule has 2 rings (SSSR count). The summed E-state index contributed by atoms with van der Waals surface area (Å²) in [5, 5.41) is 19.6. The number of aryl methyl sites for hydroxylation is 1. The third-order valence-corrected chi connectivity index (χ3v) is 3.40. The van der Waals surface area contributed by atoms with Crippen LogP contribution in [0.15, 0.2) is 45.9 Å². The van der Waals surface area contributed by atoms with Crippen LogP contribution < -0.4 is 0 Å². The summed E-state index contributed by atoms with van der Waals surface area (Å²) in [4.78, 5) is 4.27. The van der Waals surface area contributed by atoms with Crippen molar-refractivity contribution in [2.75, 3.05) is 0 Å². The van der Waals surface area contributed by atoms with Crippen LogP contribution in [0.5, 0.6) is 11.5 Å². The van der Waals surface area contributed by atoms with Gasteiger partial charge in [0, 0.05) is 16.3 Å². The highest BCUT2D eigenvalue weighted by atomic mass is 79.9. The van der Waals surface area contributed by atoms with Gasteiger partial charge in [-0.05, 0) is 42.3 Å². The van der Waals surface area contributed by atoms with E-state index >= 15 is 0 Å². The largest absolute Gasteiger partial charge is 0.507 e. The maximum Gasteiger partial charge on any atom is 0.141 e. The minimum absolute atomic E-state index is 0.135. The number of aliphatic imine (C=N–C) groups is 1. The second-order valence-corrected chi connectivity index (χ2v) is 5.45. The van der Waals surface area contributed by atoms with Gasteiger partial charge in [-0.1, -0.05) is 35.3 Å². The second-order valence-electron chi connectivity index (χ2n) is 4.53. The molecule has 2 aromatic rings. The Hall–Kier alpha value is -1.81. The number of halogens is 1. The fourth-order valence-corrected chi connectivity index (χ4v) is 2.26. The molecule has 20 heavy (non-hydrogen) atoms. The van der Waals surface area contributed by atoms with Crippen molar-refractivity contribution in [2.45, 2.75) is 19.8 Å². The molecule has 0 amide bonds. The Morgan fingerprint density at radius 3 is 2.60 bits per heavy atom. The maximum atomic E-state index is 9.82. The molecule has 104 valence electrons. The molecule has 0 heterocycles. The van der Waals surface area contributed by atoms with E-state index in [0.717, 1.165) is 22.9 Å². The number of hydrogen-bond donors (Lipinski definition) is 2. The minimum Gasteiger partial charge on any atom is -0.507 e. The molecular weight excluding hydrogens is 318 g/mol. The topological polar surface area (TPSA) is 52.8 Å². The fourth-order valence-electron chi connectivity index (χ4n) is 1.88. The third kappa shape index (κ3) is 3.61. The lowest BCUT2D eigenvalue weighted by Gasteiger charge is -2.04. The van der Waals surface area contributed by atoms with Crippen LogP contribution in [0.2, 0.25) is 0 Å². The first kappa shape index (κ1) is 14.6. The quantitative estimate of drug-likeness (QED) is 0.805. The molecule has 2 N–H and O–H groups in total. The molecule has 0 aromatic heterocycles. The molecule has 0 aliphatic heterocycles. The van der Waals surface area contributed by atoms with Crippen molar-refractivity contribution in [3.05, 3.63) is 52.0 Å². The van der Waals surface area contributed by atoms with Gasteiger partial charge in [-0.25, -0.2) is 0 Å². The average molecular weight is 334 g/mol. The van der Waals surface area contributed by atoms with Crippen LogP contribution in [0.3, 0.4) is 0 Å². The minimum atomic E-state index is 0.135. The molecule has 0 bridgehead atoms. The van der Waals surface area contributed by atoms with Gasteiger partial charge in [0.2, 0.25) is 0 Å². The molecule has 2 aromatic carbocycles. The zero-order valence-electron chi connectivity index (χ0n) is 11.2. The van der Waals surface area contributed by atoms with E-state index in [4.69, 9.17) is 0 Å². The summed E-state index contributed by atoms with van der Waals surface area (Å²) in [7, 11) is 0. The molecule has 0 fully saturated rings. The van der Waals surface area contributed by atoms with Crippen LogP contribution in [-0.2, 0) is 6.42 Å². The van der Waals surface area contributed by atoms with Gasteiger partial charge >= 0.3 is 0 Å². The van der Waals surface area contributed by atoms with Crippen molar-refractivity contribution < 1.29 is 10.2 Å². The van der Waals surface area contributed by atoms with Crippen molar-refractivity contribution in [3.8, 4) is 11.5 Å². The monoisotopic (exact) mass is 333 g/mol. The molecule has 0 atom stereocenters.